The van der Waals surface area contributed by atoms with E-state index >= 15 is 0 Å². The molecule has 3 rings (SSSR count). The summed E-state index contributed by atoms with van der Waals surface area (Å²) >= 11 is 3.54. The van der Waals surface area contributed by atoms with E-state index in [4.69, 9.17) is 4.74 Å². The van der Waals surface area contributed by atoms with Crippen LogP contribution in [-0.2, 0) is 11.3 Å². The lowest BCUT2D eigenvalue weighted by atomic mass is 10.2. The number of rotatable bonds is 1. The van der Waals surface area contributed by atoms with Gasteiger partial charge in [-0.1, -0.05) is 0 Å². The highest BCUT2D eigenvalue weighted by Gasteiger charge is 2.28. The maximum absolute atomic E-state index is 12.9. The van der Waals surface area contributed by atoms with Gasteiger partial charge in [0.1, 0.15) is 11.5 Å². The lowest BCUT2D eigenvalue weighted by Crippen LogP contribution is -2.29. The smallest absolute Gasteiger partial charge is 0.141 e. The second kappa shape index (κ2) is 4.68. The number of ether oxygens (including phenoxy) is 1. The van der Waals surface area contributed by atoms with Crippen molar-refractivity contribution in [3.8, 4) is 11.4 Å². The van der Waals surface area contributed by atoms with Crippen LogP contribution in [0.25, 0.3) is 11.4 Å². The van der Waals surface area contributed by atoms with Crippen molar-refractivity contribution in [2.24, 2.45) is 0 Å². The van der Waals surface area contributed by atoms with Crippen LogP contribution < -0.4 is 0 Å². The number of hydrogen-bond donors (Lipinski definition) is 0. The fraction of sp³-hybridized carbons (Fsp3) is 0.385. The first kappa shape index (κ1) is 12.7. The number of halogens is 2. The average Bonchev–Trinajstić information content (AvgIpc) is 2.73. The van der Waals surface area contributed by atoms with Gasteiger partial charge < -0.3 is 4.74 Å². The molecule has 0 amide bonds. The van der Waals surface area contributed by atoms with E-state index in [0.717, 1.165) is 15.9 Å². The summed E-state index contributed by atoms with van der Waals surface area (Å²) in [6.07, 6.45) is 1.32. The summed E-state index contributed by atoms with van der Waals surface area (Å²) in [6.45, 7) is 4.61. The maximum atomic E-state index is 12.9. The molecule has 0 aliphatic carbocycles. The molecule has 1 aliphatic rings. The van der Waals surface area contributed by atoms with Gasteiger partial charge in [-0.3, -0.25) is 9.67 Å². The van der Waals surface area contributed by atoms with Crippen molar-refractivity contribution < 1.29 is 9.13 Å². The predicted octanol–water partition coefficient (Wildman–Crippen LogP) is 3.33. The Labute approximate surface area is 118 Å². The molecule has 2 aromatic heterocycles. The van der Waals surface area contributed by atoms with Crippen LogP contribution in [0.15, 0.2) is 22.8 Å². The van der Waals surface area contributed by atoms with Crippen LogP contribution in [0.3, 0.4) is 0 Å². The van der Waals surface area contributed by atoms with E-state index in [-0.39, 0.29) is 18.0 Å². The maximum Gasteiger partial charge on any atom is 0.141 e. The minimum Gasteiger partial charge on any atom is -0.370 e. The van der Waals surface area contributed by atoms with Gasteiger partial charge in [-0.05, 0) is 41.9 Å². The van der Waals surface area contributed by atoms with Crippen molar-refractivity contribution in [2.45, 2.75) is 32.6 Å². The highest BCUT2D eigenvalue weighted by molar-refractivity contribution is 9.10. The number of hydrogen-bond acceptors (Lipinski definition) is 3. The van der Waals surface area contributed by atoms with Crippen LogP contribution in [0.5, 0.6) is 0 Å². The van der Waals surface area contributed by atoms with E-state index < -0.39 is 0 Å². The highest BCUT2D eigenvalue weighted by atomic mass is 79.9. The fourth-order valence-corrected chi connectivity index (χ4v) is 2.72. The third kappa shape index (κ3) is 2.08. The van der Waals surface area contributed by atoms with Gasteiger partial charge in [0.2, 0.25) is 0 Å². The lowest BCUT2D eigenvalue weighted by molar-refractivity contribution is -0.0108. The first-order chi connectivity index (χ1) is 9.08. The number of nitrogens with zero attached hydrogens (tertiary/aromatic N) is 3. The Balaban J connectivity index is 2.09. The summed E-state index contributed by atoms with van der Waals surface area (Å²) in [7, 11) is 0. The van der Waals surface area contributed by atoms with Gasteiger partial charge in [0, 0.05) is 0 Å². The quantitative estimate of drug-likeness (QED) is 0.807. The van der Waals surface area contributed by atoms with Crippen LogP contribution in [0.1, 0.15) is 25.6 Å². The number of pyridine rings is 1. The molecule has 2 aromatic rings. The third-order valence-corrected chi connectivity index (χ3v) is 4.30. The largest absolute Gasteiger partial charge is 0.370 e. The standard InChI is InChI=1S/C13H13BrFN3O/c1-7-8(2)19-6-11-12(14)13(17-18(7)11)10-4-3-9(15)5-16-10/h3-5,7-8H,6H2,1-2H3/t7-,8+/m0/s1. The molecule has 0 unspecified atom stereocenters. The Hall–Kier alpha value is -1.27. The Morgan fingerprint density at radius 1 is 1.42 bits per heavy atom. The van der Waals surface area contributed by atoms with Gasteiger partial charge in [-0.2, -0.15) is 5.10 Å². The summed E-state index contributed by atoms with van der Waals surface area (Å²) in [5, 5.41) is 4.59. The molecular formula is C13H13BrFN3O. The van der Waals surface area contributed by atoms with Gasteiger partial charge in [-0.25, -0.2) is 4.39 Å². The zero-order valence-electron chi connectivity index (χ0n) is 10.6. The number of fused-ring (bicyclic) bond motifs is 1. The van der Waals surface area contributed by atoms with Crippen molar-refractivity contribution in [2.75, 3.05) is 0 Å². The average molecular weight is 326 g/mol. The molecule has 2 atom stereocenters. The Morgan fingerprint density at radius 2 is 2.21 bits per heavy atom. The topological polar surface area (TPSA) is 39.9 Å². The van der Waals surface area contributed by atoms with Crippen LogP contribution in [0.4, 0.5) is 4.39 Å². The highest BCUT2D eigenvalue weighted by Crippen LogP contribution is 2.35. The van der Waals surface area contributed by atoms with Gasteiger partial charge in [-0.15, -0.1) is 0 Å². The van der Waals surface area contributed by atoms with Crippen LogP contribution in [-0.4, -0.2) is 20.9 Å². The monoisotopic (exact) mass is 325 g/mol. The molecule has 0 aromatic carbocycles. The third-order valence-electron chi connectivity index (χ3n) is 3.46. The summed E-state index contributed by atoms with van der Waals surface area (Å²) in [4.78, 5) is 4.08. The normalized spacial score (nSPS) is 22.3. The second-order valence-corrected chi connectivity index (χ2v) is 5.47. The van der Waals surface area contributed by atoms with E-state index in [1.165, 1.54) is 12.3 Å². The Bertz CT molecular complexity index is 611. The Kier molecular flexibility index (Phi) is 3.14. The predicted molar refractivity (Wildman–Crippen MR) is 72.1 cm³/mol. The molecule has 1 aliphatic heterocycles. The van der Waals surface area contributed by atoms with E-state index in [1.54, 1.807) is 6.07 Å². The lowest BCUT2D eigenvalue weighted by Gasteiger charge is -2.28. The molecule has 0 saturated heterocycles. The van der Waals surface area contributed by atoms with Crippen LogP contribution >= 0.6 is 15.9 Å². The van der Waals surface area contributed by atoms with Crippen molar-refractivity contribution in [3.05, 3.63) is 34.3 Å². The van der Waals surface area contributed by atoms with Crippen molar-refractivity contribution >= 4 is 15.9 Å². The zero-order chi connectivity index (χ0) is 13.6. The van der Waals surface area contributed by atoms with Crippen LogP contribution in [0.2, 0.25) is 0 Å². The molecule has 0 spiro atoms. The van der Waals surface area contributed by atoms with E-state index in [0.29, 0.717) is 12.3 Å². The Morgan fingerprint density at radius 3 is 2.89 bits per heavy atom. The first-order valence-corrected chi connectivity index (χ1v) is 6.87. The van der Waals surface area contributed by atoms with Crippen molar-refractivity contribution in [3.63, 3.8) is 0 Å². The molecule has 0 radical (unpaired) electrons. The summed E-state index contributed by atoms with van der Waals surface area (Å²) in [5.41, 5.74) is 2.36. The van der Waals surface area contributed by atoms with E-state index in [9.17, 15) is 4.39 Å². The summed E-state index contributed by atoms with van der Waals surface area (Å²) < 4.78 is 21.4. The van der Waals surface area contributed by atoms with Gasteiger partial charge in [0.05, 0.1) is 40.8 Å². The molecule has 0 bridgehead atoms. The van der Waals surface area contributed by atoms with E-state index in [1.807, 2.05) is 11.6 Å². The zero-order valence-corrected chi connectivity index (χ0v) is 12.2. The number of aromatic nitrogens is 3. The fourth-order valence-electron chi connectivity index (χ4n) is 2.14. The summed E-state index contributed by atoms with van der Waals surface area (Å²) in [6, 6.07) is 3.17. The van der Waals surface area contributed by atoms with Gasteiger partial charge in [0.25, 0.3) is 0 Å². The van der Waals surface area contributed by atoms with Crippen molar-refractivity contribution in [1.29, 1.82) is 0 Å². The van der Waals surface area contributed by atoms with Gasteiger partial charge >= 0.3 is 0 Å². The second-order valence-electron chi connectivity index (χ2n) is 4.67. The molecule has 4 nitrogen and oxygen atoms in total. The molecule has 19 heavy (non-hydrogen) atoms. The molecular weight excluding hydrogens is 313 g/mol. The molecule has 0 fully saturated rings. The first-order valence-electron chi connectivity index (χ1n) is 6.08. The van der Waals surface area contributed by atoms with Crippen LogP contribution in [0, 0.1) is 5.82 Å². The molecule has 6 heteroatoms. The van der Waals surface area contributed by atoms with Gasteiger partial charge in [0.15, 0.2) is 0 Å². The molecule has 0 saturated carbocycles. The molecule has 0 N–H and O–H groups in total. The van der Waals surface area contributed by atoms with Crippen molar-refractivity contribution in [1.82, 2.24) is 14.8 Å². The molecule has 3 heterocycles. The van der Waals surface area contributed by atoms with E-state index in [2.05, 4.69) is 32.9 Å². The summed E-state index contributed by atoms with van der Waals surface area (Å²) in [5.74, 6) is -0.353. The minimum absolute atomic E-state index is 0.119. The molecule has 100 valence electrons. The minimum atomic E-state index is -0.353. The SMILES string of the molecule is C[C@H]1OCc2c(Br)c(-c3ccc(F)cn3)nn2[C@H]1C.